The molecule has 4 saturated carbocycles. The molecule has 6 atom stereocenters. The number of aromatic amines is 1. The molecular weight excluding hydrogens is 845 g/mol. The van der Waals surface area contributed by atoms with Gasteiger partial charge in [-0.3, -0.25) is 0 Å². The Morgan fingerprint density at radius 1 is 0.645 bits per heavy atom. The average molecular weight is 899 g/mol. The van der Waals surface area contributed by atoms with Crippen LogP contribution in [0.25, 0.3) is 44.1 Å². The van der Waals surface area contributed by atoms with E-state index in [2.05, 4.69) is 47.9 Å². The SMILES string of the molecule is CC[C@@H]1C[C@H](CS(=O)(=O)C2CC2)C[C@@H]1n1cnc2cnc3[nH]ccc3c21.CC[C@@H]1C[C@H](CS(=O)(=O)C2CC2)C[C@@H]1n1cnc2cnc3c(ccn3S(=O)(=O)c3ccc(C)cc3)c21. The molecule has 7 aromatic rings. The van der Waals surface area contributed by atoms with E-state index in [1.807, 2.05) is 38.0 Å². The Bertz CT molecular complexity index is 3140. The lowest BCUT2D eigenvalue weighted by Crippen LogP contribution is -2.18. The lowest BCUT2D eigenvalue weighted by atomic mass is 10.00. The molecule has 6 heterocycles. The summed E-state index contributed by atoms with van der Waals surface area (Å²) in [5.41, 5.74) is 5.80. The molecule has 4 aliphatic carbocycles. The predicted octanol–water partition coefficient (Wildman–Crippen LogP) is 7.95. The van der Waals surface area contributed by atoms with Crippen LogP contribution in [0, 0.1) is 30.6 Å². The fraction of sp³-hybridized carbons (Fsp3) is 0.511. The number of aryl methyl sites for hydroxylation is 1. The van der Waals surface area contributed by atoms with Crippen LogP contribution < -0.4 is 0 Å². The van der Waals surface area contributed by atoms with Crippen LogP contribution in [0.15, 0.2) is 78.7 Å². The van der Waals surface area contributed by atoms with Gasteiger partial charge in [0.1, 0.15) is 16.7 Å². The highest BCUT2D eigenvalue weighted by atomic mass is 32.2. The Morgan fingerprint density at radius 2 is 1.18 bits per heavy atom. The first kappa shape index (κ1) is 41.4. The first-order valence-corrected chi connectivity index (χ1v) is 27.0. The quantitative estimate of drug-likeness (QED) is 0.126. The van der Waals surface area contributed by atoms with Gasteiger partial charge in [0.05, 0.1) is 63.0 Å². The molecule has 17 heteroatoms. The molecule has 4 aliphatic rings. The molecule has 4 fully saturated rings. The van der Waals surface area contributed by atoms with E-state index in [1.54, 1.807) is 42.7 Å². The summed E-state index contributed by atoms with van der Waals surface area (Å²) < 4.78 is 82.7. The minimum atomic E-state index is -3.81. The van der Waals surface area contributed by atoms with E-state index in [1.165, 1.54) is 3.97 Å². The highest BCUT2D eigenvalue weighted by Crippen LogP contribution is 2.47. The molecule has 0 amide bonds. The molecule has 0 unspecified atom stereocenters. The Hall–Kier alpha value is -4.61. The van der Waals surface area contributed by atoms with Crippen LogP contribution >= 0.6 is 0 Å². The lowest BCUT2D eigenvalue weighted by Gasteiger charge is -2.20. The van der Waals surface area contributed by atoms with Crippen molar-refractivity contribution in [2.75, 3.05) is 11.5 Å². The second kappa shape index (κ2) is 15.6. The van der Waals surface area contributed by atoms with E-state index in [0.29, 0.717) is 34.8 Å². The van der Waals surface area contributed by atoms with E-state index < -0.39 is 29.7 Å². The van der Waals surface area contributed by atoms with Gasteiger partial charge in [-0.1, -0.05) is 44.4 Å². The van der Waals surface area contributed by atoms with Crippen molar-refractivity contribution in [3.8, 4) is 0 Å². The number of imidazole rings is 2. The van der Waals surface area contributed by atoms with Crippen LogP contribution in [0.5, 0.6) is 0 Å². The minimum Gasteiger partial charge on any atom is -0.346 e. The first-order valence-electron chi connectivity index (χ1n) is 22.1. The van der Waals surface area contributed by atoms with Gasteiger partial charge in [0.15, 0.2) is 25.3 Å². The molecule has 0 saturated heterocycles. The highest BCUT2D eigenvalue weighted by Gasteiger charge is 2.43. The topological polar surface area (TPSA) is 185 Å². The monoisotopic (exact) mass is 898 g/mol. The average Bonchev–Trinajstić information content (AvgIpc) is 3.89. The summed E-state index contributed by atoms with van der Waals surface area (Å²) in [6.45, 7) is 6.28. The Kier molecular flexibility index (Phi) is 10.4. The normalized spacial score (nSPS) is 24.7. The summed E-state index contributed by atoms with van der Waals surface area (Å²) in [5, 5.41) is 1.63. The van der Waals surface area contributed by atoms with Crippen molar-refractivity contribution in [2.45, 2.75) is 112 Å². The van der Waals surface area contributed by atoms with Crippen molar-refractivity contribution in [2.24, 2.45) is 23.7 Å². The van der Waals surface area contributed by atoms with Gasteiger partial charge in [-0.25, -0.2) is 49.2 Å². The third kappa shape index (κ3) is 7.44. The maximum absolute atomic E-state index is 13.4. The molecule has 0 bridgehead atoms. The third-order valence-electron chi connectivity index (χ3n) is 14.2. The van der Waals surface area contributed by atoms with Gasteiger partial charge in [0, 0.05) is 35.2 Å². The van der Waals surface area contributed by atoms with E-state index >= 15 is 0 Å². The molecule has 6 aromatic heterocycles. The van der Waals surface area contributed by atoms with Gasteiger partial charge >= 0.3 is 0 Å². The van der Waals surface area contributed by atoms with Crippen molar-refractivity contribution in [1.82, 2.24) is 38.0 Å². The number of pyridine rings is 2. The smallest absolute Gasteiger partial charge is 0.269 e. The van der Waals surface area contributed by atoms with Crippen LogP contribution in [0.4, 0.5) is 0 Å². The van der Waals surface area contributed by atoms with Crippen molar-refractivity contribution in [3.05, 3.63) is 79.4 Å². The molecule has 11 rings (SSSR count). The second-order valence-corrected chi connectivity index (χ2v) is 24.9. The largest absolute Gasteiger partial charge is 0.346 e. The number of fused-ring (bicyclic) bond motifs is 6. The van der Waals surface area contributed by atoms with E-state index in [9.17, 15) is 25.3 Å². The summed E-state index contributed by atoms with van der Waals surface area (Å²) >= 11 is 0. The van der Waals surface area contributed by atoms with E-state index in [-0.39, 0.29) is 39.0 Å². The number of sulfone groups is 2. The molecular formula is C45H54N8O6S3. The van der Waals surface area contributed by atoms with Crippen LogP contribution in [-0.2, 0) is 29.7 Å². The number of hydrogen-bond donors (Lipinski definition) is 1. The fourth-order valence-corrected chi connectivity index (χ4v) is 16.1. The lowest BCUT2D eigenvalue weighted by molar-refractivity contribution is 0.377. The Balaban J connectivity index is 0.000000156. The van der Waals surface area contributed by atoms with Crippen LogP contribution in [0.1, 0.15) is 95.7 Å². The summed E-state index contributed by atoms with van der Waals surface area (Å²) in [6.07, 6.45) is 19.5. The zero-order valence-electron chi connectivity index (χ0n) is 35.3. The predicted molar refractivity (Wildman–Crippen MR) is 241 cm³/mol. The number of hydrogen-bond acceptors (Lipinski definition) is 10. The van der Waals surface area contributed by atoms with Crippen molar-refractivity contribution >= 4 is 73.8 Å². The molecule has 62 heavy (non-hydrogen) atoms. The van der Waals surface area contributed by atoms with Crippen LogP contribution in [0.3, 0.4) is 0 Å². The first-order chi connectivity index (χ1) is 29.8. The van der Waals surface area contributed by atoms with Gasteiger partial charge < -0.3 is 14.1 Å². The van der Waals surface area contributed by atoms with Crippen LogP contribution in [0.2, 0.25) is 0 Å². The molecule has 0 spiro atoms. The van der Waals surface area contributed by atoms with E-state index in [4.69, 9.17) is 0 Å². The zero-order valence-corrected chi connectivity index (χ0v) is 37.8. The number of nitrogens with one attached hydrogen (secondary N) is 1. The number of benzene rings is 1. The molecule has 1 N–H and O–H groups in total. The van der Waals surface area contributed by atoms with Gasteiger partial charge in [-0.05, 0) is 106 Å². The molecule has 1 aromatic carbocycles. The zero-order chi connectivity index (χ0) is 43.1. The molecule has 0 aliphatic heterocycles. The van der Waals surface area contributed by atoms with Crippen molar-refractivity contribution < 1.29 is 25.3 Å². The Morgan fingerprint density at radius 3 is 1.71 bits per heavy atom. The van der Waals surface area contributed by atoms with Gasteiger partial charge in [0.25, 0.3) is 10.0 Å². The fourth-order valence-electron chi connectivity index (χ4n) is 10.7. The number of nitrogens with zero attached hydrogens (tertiary/aromatic N) is 7. The summed E-state index contributed by atoms with van der Waals surface area (Å²) in [5.74, 6) is 1.85. The van der Waals surface area contributed by atoms with E-state index in [0.717, 1.165) is 103 Å². The number of H-pyrrole nitrogens is 1. The minimum absolute atomic E-state index is 0.0544. The summed E-state index contributed by atoms with van der Waals surface area (Å²) in [6, 6.07) is 11.0. The third-order valence-corrected chi connectivity index (χ3v) is 20.7. The maximum atomic E-state index is 13.4. The number of rotatable bonds is 12. The summed E-state index contributed by atoms with van der Waals surface area (Å²) in [7, 11) is -9.73. The number of aromatic nitrogens is 8. The highest BCUT2D eigenvalue weighted by molar-refractivity contribution is 7.92. The van der Waals surface area contributed by atoms with Crippen molar-refractivity contribution in [3.63, 3.8) is 0 Å². The van der Waals surface area contributed by atoms with Gasteiger partial charge in [-0.2, -0.15) is 0 Å². The standard InChI is InChI=1S/C26H30N4O4S2.C19H24N4O2S/c1-3-19-12-18(15-35(31,32)20-8-9-20)13-24(19)29-16-28-23-14-27-26-22(25(23)29)10-11-30(26)36(33,34)21-6-4-17(2)5-7-21;1-2-13-7-12(10-26(24,25)14-3-4-14)8-17(13)23-11-22-16-9-21-19-15(18(16)23)5-6-20-19/h4-7,10-11,14,16,18-20,24H,3,8-9,12-13,15H2,1-2H3;5-6,9,11-14,17H,2-4,7-8,10H2,1H3,(H,20,21)/t18-,19+,24-;12-,13+,17-/m00/s1. The second-order valence-electron chi connectivity index (χ2n) is 18.4. The molecule has 0 radical (unpaired) electrons. The molecule has 14 nitrogen and oxygen atoms in total. The molecule has 328 valence electrons. The summed E-state index contributed by atoms with van der Waals surface area (Å²) in [4.78, 5) is 21.4. The van der Waals surface area contributed by atoms with Gasteiger partial charge in [0.2, 0.25) is 0 Å². The van der Waals surface area contributed by atoms with Crippen molar-refractivity contribution in [1.29, 1.82) is 0 Å². The van der Waals surface area contributed by atoms with Crippen LogP contribution in [-0.4, -0.2) is 85.3 Å². The Labute approximate surface area is 362 Å². The van der Waals surface area contributed by atoms with Gasteiger partial charge in [-0.15, -0.1) is 0 Å². The maximum Gasteiger partial charge on any atom is 0.269 e.